The van der Waals surface area contributed by atoms with Crippen LogP contribution in [-0.4, -0.2) is 65.8 Å². The van der Waals surface area contributed by atoms with Gasteiger partial charge in [0.1, 0.15) is 0 Å². The monoisotopic (exact) mass is 405 g/mol. The number of hydrogen-bond donors (Lipinski definition) is 0. The molecular weight excluding hydrogens is 374 g/mol. The Morgan fingerprint density at radius 3 is 1.87 bits per heavy atom. The quantitative estimate of drug-likeness (QED) is 0.768. The highest BCUT2D eigenvalue weighted by atomic mass is 16.2. The fourth-order valence-corrected chi connectivity index (χ4v) is 4.48. The van der Waals surface area contributed by atoms with E-state index in [2.05, 4.69) is 29.2 Å². The minimum absolute atomic E-state index is 0.0615. The molecule has 2 aromatic carbocycles. The summed E-state index contributed by atoms with van der Waals surface area (Å²) in [5.41, 5.74) is 2.37. The SMILES string of the molecule is O=C(Cc1ccccc1)N1CCC(C(=O)N2CCN(Cc3ccccc3)CC2)CC1. The van der Waals surface area contributed by atoms with E-state index < -0.39 is 0 Å². The molecule has 2 heterocycles. The second-order valence-corrected chi connectivity index (χ2v) is 8.40. The third-order valence-electron chi connectivity index (χ3n) is 6.33. The molecule has 2 aliphatic heterocycles. The second-order valence-electron chi connectivity index (χ2n) is 8.40. The summed E-state index contributed by atoms with van der Waals surface area (Å²) >= 11 is 0. The van der Waals surface area contributed by atoms with Crippen LogP contribution in [0.1, 0.15) is 24.0 Å². The summed E-state index contributed by atoms with van der Waals surface area (Å²) in [7, 11) is 0. The maximum Gasteiger partial charge on any atom is 0.226 e. The largest absolute Gasteiger partial charge is 0.342 e. The number of piperazine rings is 1. The van der Waals surface area contributed by atoms with Crippen LogP contribution in [0.15, 0.2) is 60.7 Å². The van der Waals surface area contributed by atoms with Gasteiger partial charge >= 0.3 is 0 Å². The van der Waals surface area contributed by atoms with Crippen LogP contribution >= 0.6 is 0 Å². The topological polar surface area (TPSA) is 43.9 Å². The van der Waals surface area contributed by atoms with Gasteiger partial charge in [0.2, 0.25) is 11.8 Å². The van der Waals surface area contributed by atoms with Gasteiger partial charge in [-0.05, 0) is 24.0 Å². The Labute approximate surface area is 179 Å². The highest BCUT2D eigenvalue weighted by Gasteiger charge is 2.31. The minimum atomic E-state index is 0.0615. The predicted octanol–water partition coefficient (Wildman–Crippen LogP) is 2.81. The molecule has 5 heteroatoms. The summed E-state index contributed by atoms with van der Waals surface area (Å²) < 4.78 is 0. The summed E-state index contributed by atoms with van der Waals surface area (Å²) in [5, 5.41) is 0. The molecule has 0 aliphatic carbocycles. The van der Waals surface area contributed by atoms with E-state index in [0.717, 1.165) is 51.1 Å². The first-order valence-electron chi connectivity index (χ1n) is 11.1. The normalized spacial score (nSPS) is 18.4. The zero-order chi connectivity index (χ0) is 20.8. The van der Waals surface area contributed by atoms with E-state index in [0.29, 0.717) is 19.5 Å². The van der Waals surface area contributed by atoms with Gasteiger partial charge in [-0.2, -0.15) is 0 Å². The van der Waals surface area contributed by atoms with Crippen LogP contribution < -0.4 is 0 Å². The summed E-state index contributed by atoms with van der Waals surface area (Å²) in [6, 6.07) is 20.4. The predicted molar refractivity (Wildman–Crippen MR) is 118 cm³/mol. The van der Waals surface area contributed by atoms with Crippen LogP contribution in [0.4, 0.5) is 0 Å². The lowest BCUT2D eigenvalue weighted by atomic mass is 9.94. The molecule has 0 unspecified atom stereocenters. The van der Waals surface area contributed by atoms with Crippen molar-refractivity contribution in [3.8, 4) is 0 Å². The van der Waals surface area contributed by atoms with Gasteiger partial charge < -0.3 is 9.80 Å². The fraction of sp³-hybridized carbons (Fsp3) is 0.440. The second kappa shape index (κ2) is 9.90. The highest BCUT2D eigenvalue weighted by Crippen LogP contribution is 2.21. The first-order chi connectivity index (χ1) is 14.7. The Morgan fingerprint density at radius 2 is 1.27 bits per heavy atom. The van der Waals surface area contributed by atoms with Crippen LogP contribution in [0.25, 0.3) is 0 Å². The third kappa shape index (κ3) is 5.28. The van der Waals surface area contributed by atoms with Gasteiger partial charge in [0.05, 0.1) is 6.42 Å². The summed E-state index contributed by atoms with van der Waals surface area (Å²) in [4.78, 5) is 31.9. The van der Waals surface area contributed by atoms with Crippen LogP contribution in [0.3, 0.4) is 0 Å². The molecule has 0 atom stereocenters. The van der Waals surface area contributed by atoms with Crippen LogP contribution in [0, 0.1) is 5.92 Å². The van der Waals surface area contributed by atoms with E-state index in [1.165, 1.54) is 5.56 Å². The molecule has 158 valence electrons. The van der Waals surface area contributed by atoms with Crippen molar-refractivity contribution in [3.63, 3.8) is 0 Å². The third-order valence-corrected chi connectivity index (χ3v) is 6.33. The molecule has 0 N–H and O–H groups in total. The lowest BCUT2D eigenvalue weighted by Crippen LogP contribution is -2.51. The van der Waals surface area contributed by atoms with E-state index in [4.69, 9.17) is 0 Å². The van der Waals surface area contributed by atoms with Crippen molar-refractivity contribution in [1.82, 2.24) is 14.7 Å². The molecule has 0 radical (unpaired) electrons. The fourth-order valence-electron chi connectivity index (χ4n) is 4.48. The Balaban J connectivity index is 1.20. The molecular formula is C25H31N3O2. The molecule has 30 heavy (non-hydrogen) atoms. The number of amides is 2. The number of carbonyl (C=O) groups is 2. The summed E-state index contributed by atoms with van der Waals surface area (Å²) in [5.74, 6) is 0.512. The molecule has 5 nitrogen and oxygen atoms in total. The van der Waals surface area contributed by atoms with Gasteiger partial charge in [-0.1, -0.05) is 60.7 Å². The van der Waals surface area contributed by atoms with E-state index in [-0.39, 0.29) is 17.7 Å². The number of carbonyl (C=O) groups excluding carboxylic acids is 2. The van der Waals surface area contributed by atoms with Crippen LogP contribution in [0.5, 0.6) is 0 Å². The van der Waals surface area contributed by atoms with E-state index >= 15 is 0 Å². The molecule has 2 saturated heterocycles. The Bertz CT molecular complexity index is 824. The maximum atomic E-state index is 13.0. The molecule has 2 fully saturated rings. The van der Waals surface area contributed by atoms with Gasteiger partial charge in [0.25, 0.3) is 0 Å². The zero-order valence-electron chi connectivity index (χ0n) is 17.6. The molecule has 2 aromatic rings. The van der Waals surface area contributed by atoms with Crippen LogP contribution in [0.2, 0.25) is 0 Å². The van der Waals surface area contributed by atoms with Crippen LogP contribution in [-0.2, 0) is 22.6 Å². The van der Waals surface area contributed by atoms with E-state index in [1.54, 1.807) is 0 Å². The van der Waals surface area contributed by atoms with E-state index in [9.17, 15) is 9.59 Å². The Hall–Kier alpha value is -2.66. The van der Waals surface area contributed by atoms with Crippen molar-refractivity contribution in [2.24, 2.45) is 5.92 Å². The van der Waals surface area contributed by atoms with Gasteiger partial charge in [-0.3, -0.25) is 14.5 Å². The van der Waals surface area contributed by atoms with Crippen molar-refractivity contribution in [2.75, 3.05) is 39.3 Å². The number of piperidine rings is 1. The average molecular weight is 406 g/mol. The lowest BCUT2D eigenvalue weighted by molar-refractivity contribution is -0.141. The average Bonchev–Trinajstić information content (AvgIpc) is 2.80. The lowest BCUT2D eigenvalue weighted by Gasteiger charge is -2.38. The first kappa shape index (κ1) is 20.6. The number of hydrogen-bond acceptors (Lipinski definition) is 3. The van der Waals surface area contributed by atoms with Gasteiger partial charge in [-0.15, -0.1) is 0 Å². The van der Waals surface area contributed by atoms with Crippen molar-refractivity contribution >= 4 is 11.8 Å². The summed E-state index contributed by atoms with van der Waals surface area (Å²) in [6.07, 6.45) is 2.01. The number of likely N-dealkylation sites (tertiary alicyclic amines) is 1. The van der Waals surface area contributed by atoms with Gasteiger partial charge in [-0.25, -0.2) is 0 Å². The number of benzene rings is 2. The van der Waals surface area contributed by atoms with Crippen molar-refractivity contribution in [3.05, 3.63) is 71.8 Å². The highest BCUT2D eigenvalue weighted by molar-refractivity contribution is 5.81. The van der Waals surface area contributed by atoms with Crippen molar-refractivity contribution in [1.29, 1.82) is 0 Å². The molecule has 4 rings (SSSR count). The first-order valence-corrected chi connectivity index (χ1v) is 11.1. The molecule has 0 aromatic heterocycles. The molecule has 0 saturated carbocycles. The van der Waals surface area contributed by atoms with Crippen molar-refractivity contribution < 1.29 is 9.59 Å². The van der Waals surface area contributed by atoms with E-state index in [1.807, 2.05) is 46.2 Å². The Morgan fingerprint density at radius 1 is 0.700 bits per heavy atom. The van der Waals surface area contributed by atoms with Gasteiger partial charge in [0.15, 0.2) is 0 Å². The molecule has 0 bridgehead atoms. The van der Waals surface area contributed by atoms with Crippen molar-refractivity contribution in [2.45, 2.75) is 25.8 Å². The molecule has 0 spiro atoms. The zero-order valence-corrected chi connectivity index (χ0v) is 17.6. The minimum Gasteiger partial charge on any atom is -0.342 e. The standard InChI is InChI=1S/C25H31N3O2/c29-24(19-21-7-3-1-4-8-21)27-13-11-23(12-14-27)25(30)28-17-15-26(16-18-28)20-22-9-5-2-6-10-22/h1-10,23H,11-20H2. The maximum absolute atomic E-state index is 13.0. The molecule has 2 amide bonds. The molecule has 2 aliphatic rings. The van der Waals surface area contributed by atoms with Gasteiger partial charge in [0, 0.05) is 51.7 Å². The smallest absolute Gasteiger partial charge is 0.226 e. The number of nitrogens with zero attached hydrogens (tertiary/aromatic N) is 3. The Kier molecular flexibility index (Phi) is 6.80. The summed E-state index contributed by atoms with van der Waals surface area (Å²) in [6.45, 7) is 5.79. The number of rotatable bonds is 5.